The van der Waals surface area contributed by atoms with Gasteiger partial charge in [-0.05, 0) is 31.0 Å². The molecule has 2 aromatic rings. The van der Waals surface area contributed by atoms with Crippen LogP contribution in [0.1, 0.15) is 28.4 Å². The normalized spacial score (nSPS) is 10.5. The van der Waals surface area contributed by atoms with Crippen molar-refractivity contribution >= 4 is 5.97 Å². The number of carbonyl (C=O) groups excluding carboxylic acids is 1. The quantitative estimate of drug-likeness (QED) is 0.829. The maximum atomic E-state index is 11.6. The number of nitrogens with one attached hydrogen (secondary N) is 2. The van der Waals surface area contributed by atoms with Gasteiger partial charge in [-0.15, -0.1) is 0 Å². The summed E-state index contributed by atoms with van der Waals surface area (Å²) in [4.78, 5) is 23.1. The van der Waals surface area contributed by atoms with Gasteiger partial charge in [0, 0.05) is 11.1 Å². The second kappa shape index (κ2) is 5.14. The molecule has 5 nitrogen and oxygen atoms in total. The number of hydrogen-bond acceptors (Lipinski definition) is 3. The van der Waals surface area contributed by atoms with E-state index in [1.54, 1.807) is 19.1 Å². The molecule has 0 saturated carbocycles. The average molecular weight is 260 g/mol. The third kappa shape index (κ3) is 2.31. The van der Waals surface area contributed by atoms with Crippen molar-refractivity contribution in [2.45, 2.75) is 20.3 Å². The molecule has 2 N–H and O–H groups in total. The van der Waals surface area contributed by atoms with Crippen LogP contribution >= 0.6 is 0 Å². The lowest BCUT2D eigenvalue weighted by Crippen LogP contribution is -2.03. The van der Waals surface area contributed by atoms with E-state index in [9.17, 15) is 9.59 Å². The molecule has 1 aromatic carbocycles. The minimum Gasteiger partial charge on any atom is -0.465 e. The zero-order chi connectivity index (χ0) is 14.0. The molecule has 0 fully saturated rings. The highest BCUT2D eigenvalue weighted by atomic mass is 16.5. The monoisotopic (exact) mass is 260 g/mol. The van der Waals surface area contributed by atoms with Crippen LogP contribution < -0.4 is 5.56 Å². The van der Waals surface area contributed by atoms with Crippen LogP contribution in [0.2, 0.25) is 0 Å². The van der Waals surface area contributed by atoms with Crippen molar-refractivity contribution in [3.63, 3.8) is 0 Å². The van der Waals surface area contributed by atoms with Crippen LogP contribution in [-0.2, 0) is 11.2 Å². The number of hydrogen-bond donors (Lipinski definition) is 2. The highest BCUT2D eigenvalue weighted by molar-refractivity contribution is 5.91. The largest absolute Gasteiger partial charge is 0.465 e. The van der Waals surface area contributed by atoms with Crippen molar-refractivity contribution in [3.05, 3.63) is 45.2 Å². The van der Waals surface area contributed by atoms with Gasteiger partial charge in [0.2, 0.25) is 0 Å². The predicted octanol–water partition coefficient (Wildman–Crippen LogP) is 2.03. The molecule has 2 rings (SSSR count). The van der Waals surface area contributed by atoms with Gasteiger partial charge in [0.25, 0.3) is 5.56 Å². The first-order valence-electron chi connectivity index (χ1n) is 6.07. The van der Waals surface area contributed by atoms with Crippen LogP contribution in [0.3, 0.4) is 0 Å². The van der Waals surface area contributed by atoms with E-state index >= 15 is 0 Å². The van der Waals surface area contributed by atoms with Crippen molar-refractivity contribution < 1.29 is 9.53 Å². The summed E-state index contributed by atoms with van der Waals surface area (Å²) in [6.45, 7) is 3.77. The fraction of sp³-hybridized carbons (Fsp3) is 0.286. The third-order valence-corrected chi connectivity index (χ3v) is 3.20. The second-order valence-electron chi connectivity index (χ2n) is 4.30. The molecule has 0 spiro atoms. The van der Waals surface area contributed by atoms with Crippen molar-refractivity contribution in [1.29, 1.82) is 0 Å². The lowest BCUT2D eigenvalue weighted by atomic mass is 9.98. The van der Waals surface area contributed by atoms with Gasteiger partial charge in [-0.3, -0.25) is 15.0 Å². The maximum Gasteiger partial charge on any atom is 0.337 e. The summed E-state index contributed by atoms with van der Waals surface area (Å²) in [6, 6.07) is 5.36. The summed E-state index contributed by atoms with van der Waals surface area (Å²) in [6.07, 6.45) is 0.809. The average Bonchev–Trinajstić information content (AvgIpc) is 2.77. The van der Waals surface area contributed by atoms with Crippen LogP contribution in [0.25, 0.3) is 11.3 Å². The Morgan fingerprint density at radius 2 is 2.05 bits per heavy atom. The Balaban J connectivity index is 2.63. The first-order chi connectivity index (χ1) is 9.08. The number of ether oxygens (including phenoxy) is 1. The molecule has 0 aliphatic rings. The van der Waals surface area contributed by atoms with Gasteiger partial charge in [0.15, 0.2) is 0 Å². The smallest absolute Gasteiger partial charge is 0.337 e. The van der Waals surface area contributed by atoms with Crippen molar-refractivity contribution in [1.82, 2.24) is 10.2 Å². The van der Waals surface area contributed by atoms with Crippen LogP contribution in [0.4, 0.5) is 0 Å². The van der Waals surface area contributed by atoms with Crippen molar-refractivity contribution in [2.75, 3.05) is 7.11 Å². The molecular formula is C14H16N2O3. The molecule has 0 unspecified atom stereocenters. The number of aromatic nitrogens is 2. The molecule has 100 valence electrons. The lowest BCUT2D eigenvalue weighted by Gasteiger charge is -2.09. The Labute approximate surface area is 110 Å². The number of carbonyl (C=O) groups is 1. The molecule has 0 bridgehead atoms. The van der Waals surface area contributed by atoms with Gasteiger partial charge >= 0.3 is 5.97 Å². The lowest BCUT2D eigenvalue weighted by molar-refractivity contribution is 0.0601. The molecule has 0 amide bonds. The highest BCUT2D eigenvalue weighted by Crippen LogP contribution is 2.25. The van der Waals surface area contributed by atoms with E-state index < -0.39 is 0 Å². The number of methoxy groups -OCH3 is 1. The topological polar surface area (TPSA) is 75.0 Å². The summed E-state index contributed by atoms with van der Waals surface area (Å²) < 4.78 is 4.72. The summed E-state index contributed by atoms with van der Waals surface area (Å²) in [5.41, 5.74) is 3.55. The van der Waals surface area contributed by atoms with E-state index in [-0.39, 0.29) is 11.5 Å². The molecule has 0 radical (unpaired) electrons. The van der Waals surface area contributed by atoms with Gasteiger partial charge in [0.1, 0.15) is 0 Å². The Hall–Kier alpha value is -2.30. The summed E-state index contributed by atoms with van der Waals surface area (Å²) in [5.74, 6) is -0.389. The highest BCUT2D eigenvalue weighted by Gasteiger charge is 2.14. The molecule has 19 heavy (non-hydrogen) atoms. The Morgan fingerprint density at radius 1 is 1.32 bits per heavy atom. The minimum absolute atomic E-state index is 0.152. The number of rotatable bonds is 3. The molecule has 0 atom stereocenters. The van der Waals surface area contributed by atoms with Gasteiger partial charge in [-0.1, -0.05) is 13.0 Å². The van der Waals surface area contributed by atoms with E-state index in [0.717, 1.165) is 17.5 Å². The Kier molecular flexibility index (Phi) is 3.55. The molecule has 5 heteroatoms. The van der Waals surface area contributed by atoms with Crippen LogP contribution in [-0.4, -0.2) is 23.3 Å². The van der Waals surface area contributed by atoms with E-state index in [2.05, 4.69) is 10.2 Å². The van der Waals surface area contributed by atoms with E-state index in [1.807, 2.05) is 13.0 Å². The summed E-state index contributed by atoms with van der Waals surface area (Å²) in [7, 11) is 1.35. The zero-order valence-electron chi connectivity index (χ0n) is 11.2. The third-order valence-electron chi connectivity index (χ3n) is 3.20. The van der Waals surface area contributed by atoms with Gasteiger partial charge in [-0.2, -0.15) is 0 Å². The van der Waals surface area contributed by atoms with Crippen LogP contribution in [0, 0.1) is 6.92 Å². The Bertz CT molecular complexity index is 668. The van der Waals surface area contributed by atoms with Crippen molar-refractivity contribution in [3.8, 4) is 11.3 Å². The minimum atomic E-state index is -0.389. The first kappa shape index (κ1) is 13.1. The Morgan fingerprint density at radius 3 is 2.58 bits per heavy atom. The molecule has 1 heterocycles. The maximum absolute atomic E-state index is 11.6. The molecular weight excluding hydrogens is 244 g/mol. The first-order valence-corrected chi connectivity index (χ1v) is 6.07. The molecule has 0 saturated heterocycles. The summed E-state index contributed by atoms with van der Waals surface area (Å²) in [5, 5.41) is 5.41. The predicted molar refractivity (Wildman–Crippen MR) is 72.3 cm³/mol. The summed E-state index contributed by atoms with van der Waals surface area (Å²) >= 11 is 0. The molecule has 1 aromatic heterocycles. The number of H-pyrrole nitrogens is 2. The molecule has 0 aliphatic carbocycles. The van der Waals surface area contributed by atoms with Crippen molar-refractivity contribution in [2.24, 2.45) is 0 Å². The second-order valence-corrected chi connectivity index (χ2v) is 4.30. The van der Waals surface area contributed by atoms with Crippen LogP contribution in [0.15, 0.2) is 23.0 Å². The van der Waals surface area contributed by atoms with Gasteiger partial charge in [0.05, 0.1) is 18.4 Å². The zero-order valence-corrected chi connectivity index (χ0v) is 11.2. The van der Waals surface area contributed by atoms with E-state index in [4.69, 9.17) is 4.74 Å². The van der Waals surface area contributed by atoms with Crippen LogP contribution in [0.5, 0.6) is 0 Å². The van der Waals surface area contributed by atoms with E-state index in [0.29, 0.717) is 16.8 Å². The fourth-order valence-corrected chi connectivity index (χ4v) is 2.05. The van der Waals surface area contributed by atoms with E-state index in [1.165, 1.54) is 7.11 Å². The number of esters is 1. The number of aryl methyl sites for hydroxylation is 1. The fourth-order valence-electron chi connectivity index (χ4n) is 2.05. The standard InChI is InChI=1S/C14H16N2O3/c1-4-9-5-6-10(14(18)19-3)7-11(9)12-8(2)13(17)16-15-12/h5-7H,4H2,1-3H3,(H2,15,16,17). The number of aromatic amines is 2. The SMILES string of the molecule is CCc1ccc(C(=O)OC)cc1-c1[nH][nH]c(=O)c1C. The molecule has 0 aliphatic heterocycles. The number of benzene rings is 1. The van der Waals surface area contributed by atoms with Gasteiger partial charge < -0.3 is 4.74 Å². The van der Waals surface area contributed by atoms with Gasteiger partial charge in [-0.25, -0.2) is 4.79 Å².